The molecule has 3 rings (SSSR count). The van der Waals surface area contributed by atoms with Crippen LogP contribution < -0.4 is 0 Å². The number of hydrogen-bond donors (Lipinski definition) is 0. The number of rotatable bonds is 2. The van der Waals surface area contributed by atoms with Gasteiger partial charge in [0.1, 0.15) is 17.2 Å². The zero-order valence-corrected chi connectivity index (χ0v) is 14.0. The molecule has 0 saturated carbocycles. The van der Waals surface area contributed by atoms with Gasteiger partial charge in [-0.05, 0) is 53.2 Å². The zero-order chi connectivity index (χ0) is 15.1. The van der Waals surface area contributed by atoms with E-state index in [9.17, 15) is 4.39 Å². The van der Waals surface area contributed by atoms with Gasteiger partial charge in [-0.3, -0.25) is 4.57 Å². The van der Waals surface area contributed by atoms with Crippen LogP contribution in [0.15, 0.2) is 40.9 Å². The van der Waals surface area contributed by atoms with Crippen LogP contribution in [0.5, 0.6) is 0 Å². The second-order valence-electron chi connectivity index (χ2n) is 4.63. The average molecular weight is 388 g/mol. The van der Waals surface area contributed by atoms with Gasteiger partial charge in [0.15, 0.2) is 0 Å². The van der Waals surface area contributed by atoms with Crippen LogP contribution in [0.3, 0.4) is 0 Å². The van der Waals surface area contributed by atoms with Crippen molar-refractivity contribution in [1.29, 1.82) is 0 Å². The Morgan fingerprint density at radius 3 is 2.71 bits per heavy atom. The summed E-state index contributed by atoms with van der Waals surface area (Å²) >= 11 is 15.6. The van der Waals surface area contributed by atoms with Crippen molar-refractivity contribution >= 4 is 50.2 Å². The molecule has 1 unspecified atom stereocenters. The molecule has 0 aliphatic carbocycles. The van der Waals surface area contributed by atoms with Crippen molar-refractivity contribution in [2.45, 2.75) is 12.3 Å². The summed E-state index contributed by atoms with van der Waals surface area (Å²) < 4.78 is 15.7. The molecule has 0 fully saturated rings. The number of aromatic nitrogens is 2. The molecule has 1 aromatic heterocycles. The maximum atomic E-state index is 13.5. The third-order valence-electron chi connectivity index (χ3n) is 3.18. The fraction of sp³-hybridized carbons (Fsp3) is 0.133. The monoisotopic (exact) mass is 386 g/mol. The first kappa shape index (κ1) is 14.8. The summed E-state index contributed by atoms with van der Waals surface area (Å²) in [4.78, 5) is 4.53. The van der Waals surface area contributed by atoms with Gasteiger partial charge in [-0.25, -0.2) is 9.37 Å². The maximum absolute atomic E-state index is 13.5. The van der Waals surface area contributed by atoms with Crippen LogP contribution in [-0.4, -0.2) is 9.55 Å². The zero-order valence-electron chi connectivity index (χ0n) is 10.9. The van der Waals surface area contributed by atoms with Crippen LogP contribution in [0.4, 0.5) is 4.39 Å². The van der Waals surface area contributed by atoms with E-state index in [4.69, 9.17) is 23.2 Å². The summed E-state index contributed by atoms with van der Waals surface area (Å²) in [6.45, 7) is 1.84. The van der Waals surface area contributed by atoms with E-state index in [-0.39, 0.29) is 11.2 Å². The predicted molar refractivity (Wildman–Crippen MR) is 88.0 cm³/mol. The molecule has 0 aliphatic rings. The Labute approximate surface area is 139 Å². The van der Waals surface area contributed by atoms with Crippen molar-refractivity contribution < 1.29 is 4.39 Å². The third kappa shape index (κ3) is 2.56. The first-order valence-corrected chi connectivity index (χ1v) is 7.86. The lowest BCUT2D eigenvalue weighted by Gasteiger charge is -2.11. The van der Waals surface area contributed by atoms with E-state index >= 15 is 0 Å². The van der Waals surface area contributed by atoms with Crippen LogP contribution in [-0.2, 0) is 0 Å². The molecule has 1 atom stereocenters. The molecule has 0 N–H and O–H groups in total. The van der Waals surface area contributed by atoms with Crippen molar-refractivity contribution in [3.63, 3.8) is 0 Å². The van der Waals surface area contributed by atoms with Crippen LogP contribution in [0.2, 0.25) is 5.02 Å². The summed E-state index contributed by atoms with van der Waals surface area (Å²) in [5.74, 6) is 0.347. The summed E-state index contributed by atoms with van der Waals surface area (Å²) in [5, 5.41) is 0.253. The Hall–Kier alpha value is -1.10. The molecule has 0 radical (unpaired) electrons. The number of fused-ring (bicyclic) bond motifs is 1. The largest absolute Gasteiger partial charge is 0.295 e. The van der Waals surface area contributed by atoms with Crippen molar-refractivity contribution in [3.8, 4) is 5.69 Å². The van der Waals surface area contributed by atoms with E-state index in [1.54, 1.807) is 18.2 Å². The van der Waals surface area contributed by atoms with Crippen molar-refractivity contribution in [2.75, 3.05) is 0 Å². The highest BCUT2D eigenvalue weighted by Gasteiger charge is 2.18. The van der Waals surface area contributed by atoms with Gasteiger partial charge in [-0.2, -0.15) is 0 Å². The van der Waals surface area contributed by atoms with Crippen LogP contribution in [0.1, 0.15) is 18.1 Å². The molecular formula is C15H10BrCl2FN2. The molecule has 0 spiro atoms. The molecule has 21 heavy (non-hydrogen) atoms. The highest BCUT2D eigenvalue weighted by atomic mass is 79.9. The van der Waals surface area contributed by atoms with Crippen molar-refractivity contribution in [2.24, 2.45) is 0 Å². The van der Waals surface area contributed by atoms with E-state index in [1.807, 2.05) is 23.6 Å². The van der Waals surface area contributed by atoms with Crippen LogP contribution in [0.25, 0.3) is 16.7 Å². The molecule has 2 nitrogen and oxygen atoms in total. The normalized spacial score (nSPS) is 12.8. The lowest BCUT2D eigenvalue weighted by atomic mass is 10.2. The second-order valence-corrected chi connectivity index (χ2v) is 6.54. The minimum absolute atomic E-state index is 0.308. The number of benzene rings is 2. The highest BCUT2D eigenvalue weighted by Crippen LogP contribution is 2.32. The summed E-state index contributed by atoms with van der Waals surface area (Å²) in [6.07, 6.45) is 0. The van der Waals surface area contributed by atoms with E-state index in [0.29, 0.717) is 20.8 Å². The van der Waals surface area contributed by atoms with Gasteiger partial charge in [0.25, 0.3) is 0 Å². The smallest absolute Gasteiger partial charge is 0.137 e. The Kier molecular flexibility index (Phi) is 3.95. The molecule has 2 aromatic carbocycles. The standard InChI is InChI=1S/C15H10BrCl2FN2/c1-8(17)15-20-14-11(18)3-2-4-13(14)21(15)9-5-6-12(19)10(16)7-9/h2-8H,1H3. The lowest BCUT2D eigenvalue weighted by molar-refractivity contribution is 0.620. The molecule has 108 valence electrons. The fourth-order valence-corrected chi connectivity index (χ4v) is 2.97. The first-order chi connectivity index (χ1) is 9.99. The highest BCUT2D eigenvalue weighted by molar-refractivity contribution is 9.10. The number of hydrogen-bond acceptors (Lipinski definition) is 1. The topological polar surface area (TPSA) is 17.8 Å². The molecule has 1 heterocycles. The molecule has 0 saturated heterocycles. The van der Waals surface area contributed by atoms with Crippen molar-refractivity contribution in [1.82, 2.24) is 9.55 Å². The average Bonchev–Trinajstić information content (AvgIpc) is 2.83. The van der Waals surface area contributed by atoms with Crippen LogP contribution >= 0.6 is 39.1 Å². The van der Waals surface area contributed by atoms with Gasteiger partial charge in [-0.1, -0.05) is 17.7 Å². The second kappa shape index (κ2) is 5.59. The molecule has 0 bridgehead atoms. The predicted octanol–water partition coefficient (Wildman–Crippen LogP) is 5.88. The Balaban J connectivity index is 2.36. The Morgan fingerprint density at radius 1 is 1.29 bits per heavy atom. The van der Waals surface area contributed by atoms with Crippen LogP contribution in [0, 0.1) is 5.82 Å². The summed E-state index contributed by atoms with van der Waals surface area (Å²) in [6, 6.07) is 10.3. The summed E-state index contributed by atoms with van der Waals surface area (Å²) in [7, 11) is 0. The SMILES string of the molecule is CC(Cl)c1nc2c(Cl)cccc2n1-c1ccc(F)c(Br)c1. The fourth-order valence-electron chi connectivity index (χ4n) is 2.25. The number of alkyl halides is 1. The van der Waals surface area contributed by atoms with Gasteiger partial charge >= 0.3 is 0 Å². The van der Waals surface area contributed by atoms with E-state index in [1.165, 1.54) is 6.07 Å². The lowest BCUT2D eigenvalue weighted by Crippen LogP contribution is -2.02. The van der Waals surface area contributed by atoms with E-state index in [0.717, 1.165) is 11.2 Å². The Morgan fingerprint density at radius 2 is 2.05 bits per heavy atom. The molecule has 6 heteroatoms. The number of halogens is 4. The van der Waals surface area contributed by atoms with Gasteiger partial charge in [0.2, 0.25) is 0 Å². The van der Waals surface area contributed by atoms with E-state index < -0.39 is 0 Å². The van der Waals surface area contributed by atoms with E-state index in [2.05, 4.69) is 20.9 Å². The first-order valence-electron chi connectivity index (χ1n) is 6.25. The maximum Gasteiger partial charge on any atom is 0.137 e. The molecular weight excluding hydrogens is 378 g/mol. The molecule has 0 amide bonds. The number of para-hydroxylation sites is 1. The van der Waals surface area contributed by atoms with Gasteiger partial charge in [0, 0.05) is 5.69 Å². The third-order valence-corrected chi connectivity index (χ3v) is 4.29. The number of nitrogens with zero attached hydrogens (tertiary/aromatic N) is 2. The van der Waals surface area contributed by atoms with Gasteiger partial charge in [0.05, 0.1) is 20.4 Å². The quantitative estimate of drug-likeness (QED) is 0.502. The van der Waals surface area contributed by atoms with Gasteiger partial charge < -0.3 is 0 Å². The van der Waals surface area contributed by atoms with Gasteiger partial charge in [-0.15, -0.1) is 11.6 Å². The minimum Gasteiger partial charge on any atom is -0.295 e. The molecule has 3 aromatic rings. The Bertz CT molecular complexity index is 830. The minimum atomic E-state index is -0.318. The van der Waals surface area contributed by atoms with Crippen molar-refractivity contribution in [3.05, 3.63) is 57.5 Å². The molecule has 0 aliphatic heterocycles. The summed E-state index contributed by atoms with van der Waals surface area (Å²) in [5.41, 5.74) is 2.29. The number of imidazole rings is 1.